The van der Waals surface area contributed by atoms with Crippen LogP contribution in [-0.2, 0) is 0 Å². The summed E-state index contributed by atoms with van der Waals surface area (Å²) in [5, 5.41) is 0. The van der Waals surface area contributed by atoms with E-state index in [-0.39, 0.29) is 0 Å². The molecule has 21 heavy (non-hydrogen) atoms. The smallest absolute Gasteiger partial charge is 0.226 e. The van der Waals surface area contributed by atoms with E-state index in [0.717, 1.165) is 31.4 Å². The maximum atomic E-state index is 5.72. The predicted octanol–water partition coefficient (Wildman–Crippen LogP) is 4.60. The Morgan fingerprint density at radius 1 is 1.05 bits per heavy atom. The minimum Gasteiger partial charge on any atom is -0.484 e. The van der Waals surface area contributed by atoms with Gasteiger partial charge < -0.3 is 13.9 Å². The first-order valence-corrected chi connectivity index (χ1v) is 8.03. The van der Waals surface area contributed by atoms with Gasteiger partial charge in [0.2, 0.25) is 5.89 Å². The molecule has 0 unspecified atom stereocenters. The third-order valence-corrected chi connectivity index (χ3v) is 4.93. The zero-order valence-corrected chi connectivity index (χ0v) is 13.2. The molecule has 0 aliphatic carbocycles. The fourth-order valence-corrected chi connectivity index (χ4v) is 3.82. The Kier molecular flexibility index (Phi) is 3.20. The van der Waals surface area contributed by atoms with Gasteiger partial charge >= 0.3 is 0 Å². The van der Waals surface area contributed by atoms with Crippen molar-refractivity contribution in [2.24, 2.45) is 0 Å². The largest absolute Gasteiger partial charge is 0.484 e. The molecule has 0 atom stereocenters. The topological polar surface area (TPSA) is 44.5 Å². The Morgan fingerprint density at radius 2 is 1.81 bits per heavy atom. The lowest BCUT2D eigenvalue weighted by molar-refractivity contribution is 0.173. The van der Waals surface area contributed by atoms with Gasteiger partial charge in [0.05, 0.1) is 0 Å². The first kappa shape index (κ1) is 12.9. The van der Waals surface area contributed by atoms with E-state index in [1.54, 1.807) is 6.26 Å². The van der Waals surface area contributed by atoms with Crippen LogP contribution in [0.5, 0.6) is 11.5 Å². The van der Waals surface area contributed by atoms with E-state index in [0.29, 0.717) is 19.1 Å². The molecule has 4 nitrogen and oxygen atoms in total. The molecule has 2 aromatic heterocycles. The minimum atomic E-state index is 0.548. The summed E-state index contributed by atoms with van der Waals surface area (Å²) >= 11 is 5.04. The SMILES string of the molecule is Brc1sc(-c2coc(-c3ccccc3)n2)c2c1OCCO2. The first-order chi connectivity index (χ1) is 10.3. The zero-order valence-electron chi connectivity index (χ0n) is 10.8. The van der Waals surface area contributed by atoms with Crippen LogP contribution in [0.25, 0.3) is 22.0 Å². The molecule has 6 heteroatoms. The number of fused-ring (bicyclic) bond motifs is 1. The lowest BCUT2D eigenvalue weighted by Crippen LogP contribution is -2.14. The number of hydrogen-bond donors (Lipinski definition) is 0. The Balaban J connectivity index is 1.77. The molecule has 1 aliphatic heterocycles. The lowest BCUT2D eigenvalue weighted by Gasteiger charge is -2.15. The molecule has 1 aliphatic rings. The summed E-state index contributed by atoms with van der Waals surface area (Å²) in [6, 6.07) is 9.81. The fourth-order valence-electron chi connectivity index (χ4n) is 2.18. The summed E-state index contributed by atoms with van der Waals surface area (Å²) in [6.45, 7) is 1.11. The highest BCUT2D eigenvalue weighted by Crippen LogP contribution is 2.51. The number of hydrogen-bond acceptors (Lipinski definition) is 5. The summed E-state index contributed by atoms with van der Waals surface area (Å²) in [5.74, 6) is 2.09. The van der Waals surface area contributed by atoms with Gasteiger partial charge in [-0.1, -0.05) is 18.2 Å². The molecule has 0 fully saturated rings. The van der Waals surface area contributed by atoms with Gasteiger partial charge in [-0.25, -0.2) is 4.98 Å². The van der Waals surface area contributed by atoms with Crippen molar-refractivity contribution in [3.8, 4) is 33.5 Å². The van der Waals surface area contributed by atoms with Gasteiger partial charge in [-0.15, -0.1) is 11.3 Å². The number of aromatic nitrogens is 1. The van der Waals surface area contributed by atoms with Crippen LogP contribution in [0.4, 0.5) is 0 Å². The number of benzene rings is 1. The van der Waals surface area contributed by atoms with Gasteiger partial charge in [-0.05, 0) is 28.1 Å². The summed E-state index contributed by atoms with van der Waals surface area (Å²) in [6.07, 6.45) is 1.65. The van der Waals surface area contributed by atoms with Crippen LogP contribution in [0, 0.1) is 0 Å². The monoisotopic (exact) mass is 363 g/mol. The second-order valence-electron chi connectivity index (χ2n) is 4.46. The van der Waals surface area contributed by atoms with E-state index in [1.807, 2.05) is 30.3 Å². The van der Waals surface area contributed by atoms with Crippen molar-refractivity contribution in [2.75, 3.05) is 13.2 Å². The molecule has 1 aromatic carbocycles. The Bertz CT molecular complexity index is 782. The van der Waals surface area contributed by atoms with Crippen LogP contribution in [0.1, 0.15) is 0 Å². The number of halogens is 1. The van der Waals surface area contributed by atoms with E-state index in [9.17, 15) is 0 Å². The van der Waals surface area contributed by atoms with Gasteiger partial charge in [-0.2, -0.15) is 0 Å². The molecule has 0 radical (unpaired) electrons. The Hall–Kier alpha value is -1.79. The van der Waals surface area contributed by atoms with E-state index in [1.165, 1.54) is 11.3 Å². The van der Waals surface area contributed by atoms with Gasteiger partial charge in [-0.3, -0.25) is 0 Å². The van der Waals surface area contributed by atoms with Gasteiger partial charge in [0, 0.05) is 5.56 Å². The van der Waals surface area contributed by atoms with Crippen LogP contribution < -0.4 is 9.47 Å². The average molecular weight is 364 g/mol. The van der Waals surface area contributed by atoms with E-state index < -0.39 is 0 Å². The molecule has 3 heterocycles. The fraction of sp³-hybridized carbons (Fsp3) is 0.133. The van der Waals surface area contributed by atoms with Gasteiger partial charge in [0.1, 0.15) is 33.8 Å². The van der Waals surface area contributed by atoms with Crippen LogP contribution in [0.15, 0.2) is 44.8 Å². The molecule has 3 aromatic rings. The third kappa shape index (κ3) is 2.24. The quantitative estimate of drug-likeness (QED) is 0.667. The molecular formula is C15H10BrNO3S. The van der Waals surface area contributed by atoms with Crippen LogP contribution in [0.2, 0.25) is 0 Å². The summed E-state index contributed by atoms with van der Waals surface area (Å²) in [4.78, 5) is 5.48. The molecule has 0 bridgehead atoms. The molecule has 106 valence electrons. The highest BCUT2D eigenvalue weighted by atomic mass is 79.9. The molecule has 0 spiro atoms. The minimum absolute atomic E-state index is 0.548. The standard InChI is InChI=1S/C15H10BrNO3S/c16-14-12-11(18-6-7-19-12)13(21-14)10-8-20-15(17-10)9-4-2-1-3-5-9/h1-5,8H,6-7H2. The maximum absolute atomic E-state index is 5.72. The normalized spacial score (nSPS) is 13.4. The van der Waals surface area contributed by atoms with Gasteiger partial charge in [0.25, 0.3) is 0 Å². The Morgan fingerprint density at radius 3 is 2.62 bits per heavy atom. The van der Waals surface area contributed by atoms with Crippen molar-refractivity contribution in [3.05, 3.63) is 40.4 Å². The summed E-state index contributed by atoms with van der Waals surface area (Å²) in [5.41, 5.74) is 1.71. The van der Waals surface area contributed by atoms with E-state index >= 15 is 0 Å². The number of rotatable bonds is 2. The van der Waals surface area contributed by atoms with Crippen LogP contribution in [0.3, 0.4) is 0 Å². The zero-order chi connectivity index (χ0) is 14.2. The molecular weight excluding hydrogens is 354 g/mol. The summed E-state index contributed by atoms with van der Waals surface area (Å²) < 4.78 is 17.8. The Labute approximate surface area is 133 Å². The van der Waals surface area contributed by atoms with Crippen molar-refractivity contribution >= 4 is 27.3 Å². The van der Waals surface area contributed by atoms with E-state index in [4.69, 9.17) is 13.9 Å². The molecule has 4 rings (SSSR count). The number of ether oxygens (including phenoxy) is 2. The number of oxazole rings is 1. The molecule has 0 saturated heterocycles. The van der Waals surface area contributed by atoms with Crippen LogP contribution in [-0.4, -0.2) is 18.2 Å². The lowest BCUT2D eigenvalue weighted by atomic mass is 10.2. The van der Waals surface area contributed by atoms with Crippen molar-refractivity contribution in [3.63, 3.8) is 0 Å². The average Bonchev–Trinajstić information content (AvgIpc) is 3.14. The van der Waals surface area contributed by atoms with E-state index in [2.05, 4.69) is 20.9 Å². The van der Waals surface area contributed by atoms with Crippen molar-refractivity contribution in [1.29, 1.82) is 0 Å². The molecule has 0 N–H and O–H groups in total. The predicted molar refractivity (Wildman–Crippen MR) is 83.9 cm³/mol. The molecule has 0 amide bonds. The first-order valence-electron chi connectivity index (χ1n) is 6.42. The van der Waals surface area contributed by atoms with Crippen molar-refractivity contribution in [2.45, 2.75) is 0 Å². The third-order valence-electron chi connectivity index (χ3n) is 3.12. The van der Waals surface area contributed by atoms with Crippen LogP contribution >= 0.6 is 27.3 Å². The summed E-state index contributed by atoms with van der Waals surface area (Å²) in [7, 11) is 0. The van der Waals surface area contributed by atoms with Crippen molar-refractivity contribution in [1.82, 2.24) is 4.98 Å². The maximum Gasteiger partial charge on any atom is 0.226 e. The highest BCUT2D eigenvalue weighted by Gasteiger charge is 2.26. The van der Waals surface area contributed by atoms with Gasteiger partial charge in [0.15, 0.2) is 11.5 Å². The number of thiophene rings is 1. The number of nitrogens with zero attached hydrogens (tertiary/aromatic N) is 1. The van der Waals surface area contributed by atoms with Crippen molar-refractivity contribution < 1.29 is 13.9 Å². The second kappa shape index (κ2) is 5.20. The molecule has 0 saturated carbocycles. The second-order valence-corrected chi connectivity index (χ2v) is 6.80. The highest BCUT2D eigenvalue weighted by molar-refractivity contribution is 9.11.